The molecular weight excluding hydrogens is 306 g/mol. The number of hydrogen-bond acceptors (Lipinski definition) is 4. The largest absolute Gasteiger partial charge is 0.484 e. The molecule has 0 spiro atoms. The molecule has 0 aliphatic rings. The number of carbonyl (C=O) groups is 2. The van der Waals surface area contributed by atoms with Gasteiger partial charge >= 0.3 is 0 Å². The Morgan fingerprint density at radius 1 is 1.27 bits per heavy atom. The molecule has 0 aliphatic carbocycles. The van der Waals surface area contributed by atoms with Gasteiger partial charge in [0.1, 0.15) is 5.75 Å². The van der Waals surface area contributed by atoms with E-state index in [9.17, 15) is 9.59 Å². The van der Waals surface area contributed by atoms with Crippen LogP contribution < -0.4 is 21.1 Å². The highest BCUT2D eigenvalue weighted by molar-refractivity contribution is 5.97. The highest BCUT2D eigenvalue weighted by Gasteiger charge is 2.27. The fourth-order valence-electron chi connectivity index (χ4n) is 1.76. The van der Waals surface area contributed by atoms with Crippen LogP contribution in [-0.2, 0) is 9.59 Å². The summed E-state index contributed by atoms with van der Waals surface area (Å²) < 4.78 is 5.28. The molecule has 6 nitrogen and oxygen atoms in total. The van der Waals surface area contributed by atoms with Crippen LogP contribution in [0.3, 0.4) is 0 Å². The molecule has 0 saturated carbocycles. The number of halogens is 1. The van der Waals surface area contributed by atoms with E-state index in [1.807, 2.05) is 6.92 Å². The van der Waals surface area contributed by atoms with Crippen LogP contribution in [0.1, 0.15) is 26.7 Å². The van der Waals surface area contributed by atoms with Gasteiger partial charge in [0.25, 0.3) is 5.91 Å². The number of amides is 2. The van der Waals surface area contributed by atoms with Crippen LogP contribution in [0.2, 0.25) is 0 Å². The third kappa shape index (κ3) is 6.32. The van der Waals surface area contributed by atoms with Gasteiger partial charge < -0.3 is 21.1 Å². The Kier molecular flexibility index (Phi) is 8.52. The van der Waals surface area contributed by atoms with Crippen LogP contribution in [0.5, 0.6) is 5.75 Å². The number of ether oxygens (including phenoxy) is 1. The third-order valence-electron chi connectivity index (χ3n) is 3.05. The zero-order valence-corrected chi connectivity index (χ0v) is 14.0. The van der Waals surface area contributed by atoms with Crippen molar-refractivity contribution in [3.63, 3.8) is 0 Å². The summed E-state index contributed by atoms with van der Waals surface area (Å²) in [5.74, 6) is 0.134. The van der Waals surface area contributed by atoms with Gasteiger partial charge in [-0.3, -0.25) is 9.59 Å². The van der Waals surface area contributed by atoms with Gasteiger partial charge in [-0.05, 0) is 37.6 Å². The molecule has 0 heterocycles. The lowest BCUT2D eigenvalue weighted by Crippen LogP contribution is -2.48. The molecule has 7 heteroatoms. The predicted molar refractivity (Wildman–Crippen MR) is 89.4 cm³/mol. The number of rotatable bonds is 7. The fourth-order valence-corrected chi connectivity index (χ4v) is 1.76. The van der Waals surface area contributed by atoms with Gasteiger partial charge in [-0.15, -0.1) is 12.4 Å². The second-order valence-corrected chi connectivity index (χ2v) is 5.11. The van der Waals surface area contributed by atoms with Gasteiger partial charge in [-0.25, -0.2) is 0 Å². The maximum atomic E-state index is 12.0. The smallest absolute Gasteiger partial charge is 0.257 e. The molecule has 124 valence electrons. The molecule has 0 radical (unpaired) electrons. The zero-order chi connectivity index (χ0) is 15.9. The first-order valence-electron chi connectivity index (χ1n) is 6.93. The van der Waals surface area contributed by atoms with E-state index in [2.05, 4.69) is 10.6 Å². The standard InChI is InChI=1S/C15H23N3O3.ClH/c1-4-9-15(2,16)14(20)18-11-5-7-12(8-6-11)21-10-13(19)17-3;/h5-8H,4,9-10,16H2,1-3H3,(H,17,19)(H,18,20);1H. The number of likely N-dealkylation sites (N-methyl/N-ethyl adjacent to an activating group) is 1. The average molecular weight is 330 g/mol. The molecule has 1 rings (SSSR count). The predicted octanol–water partition coefficient (Wildman–Crippen LogP) is 1.69. The van der Waals surface area contributed by atoms with Crippen molar-refractivity contribution in [3.05, 3.63) is 24.3 Å². The van der Waals surface area contributed by atoms with Crippen molar-refractivity contribution in [2.45, 2.75) is 32.2 Å². The lowest BCUT2D eigenvalue weighted by Gasteiger charge is -2.22. The van der Waals surface area contributed by atoms with Crippen LogP contribution in [0.15, 0.2) is 24.3 Å². The Morgan fingerprint density at radius 3 is 2.36 bits per heavy atom. The second-order valence-electron chi connectivity index (χ2n) is 5.11. The molecule has 0 bridgehead atoms. The number of anilines is 1. The summed E-state index contributed by atoms with van der Waals surface area (Å²) in [6.45, 7) is 3.66. The minimum Gasteiger partial charge on any atom is -0.484 e. The topological polar surface area (TPSA) is 93.5 Å². The van der Waals surface area contributed by atoms with Crippen LogP contribution >= 0.6 is 12.4 Å². The molecule has 1 aromatic rings. The molecule has 0 aromatic heterocycles. The van der Waals surface area contributed by atoms with E-state index in [-0.39, 0.29) is 30.8 Å². The van der Waals surface area contributed by atoms with E-state index < -0.39 is 5.54 Å². The van der Waals surface area contributed by atoms with E-state index in [0.717, 1.165) is 6.42 Å². The van der Waals surface area contributed by atoms with Crippen LogP contribution in [0.25, 0.3) is 0 Å². The van der Waals surface area contributed by atoms with Gasteiger partial charge in [-0.1, -0.05) is 13.3 Å². The lowest BCUT2D eigenvalue weighted by molar-refractivity contribution is -0.122. The minimum atomic E-state index is -0.886. The molecule has 1 aromatic carbocycles. The summed E-state index contributed by atoms with van der Waals surface area (Å²) >= 11 is 0. The minimum absolute atomic E-state index is 0. The van der Waals surface area contributed by atoms with Crippen LogP contribution in [0.4, 0.5) is 5.69 Å². The van der Waals surface area contributed by atoms with Crippen molar-refractivity contribution < 1.29 is 14.3 Å². The summed E-state index contributed by atoms with van der Waals surface area (Å²) in [5.41, 5.74) is 5.72. The van der Waals surface area contributed by atoms with Crippen LogP contribution in [0, 0.1) is 0 Å². The number of nitrogens with two attached hydrogens (primary N) is 1. The summed E-state index contributed by atoms with van der Waals surface area (Å²) in [6, 6.07) is 6.79. The van der Waals surface area contributed by atoms with E-state index in [0.29, 0.717) is 17.9 Å². The molecule has 1 atom stereocenters. The Bertz CT molecular complexity index is 489. The Balaban J connectivity index is 0.00000441. The molecular formula is C15H24ClN3O3. The first kappa shape index (κ1) is 20.2. The van der Waals surface area contributed by atoms with Gasteiger partial charge in [0, 0.05) is 12.7 Å². The zero-order valence-electron chi connectivity index (χ0n) is 13.1. The molecule has 4 N–H and O–H groups in total. The van der Waals surface area contributed by atoms with Gasteiger partial charge in [0.05, 0.1) is 5.54 Å². The number of hydrogen-bond donors (Lipinski definition) is 3. The van der Waals surface area contributed by atoms with Crippen molar-refractivity contribution in [1.82, 2.24) is 5.32 Å². The van der Waals surface area contributed by atoms with E-state index in [1.54, 1.807) is 38.2 Å². The second kappa shape index (κ2) is 9.27. The van der Waals surface area contributed by atoms with Crippen molar-refractivity contribution >= 4 is 29.9 Å². The molecule has 1 unspecified atom stereocenters. The van der Waals surface area contributed by atoms with Crippen molar-refractivity contribution in [2.24, 2.45) is 5.73 Å². The number of carbonyl (C=O) groups excluding carboxylic acids is 2. The Labute approximate surface area is 137 Å². The molecule has 0 aliphatic heterocycles. The first-order chi connectivity index (χ1) is 9.89. The molecule has 0 saturated heterocycles. The quantitative estimate of drug-likeness (QED) is 0.709. The first-order valence-corrected chi connectivity index (χ1v) is 6.93. The average Bonchev–Trinajstić information content (AvgIpc) is 2.46. The van der Waals surface area contributed by atoms with E-state index >= 15 is 0 Å². The van der Waals surface area contributed by atoms with Crippen molar-refractivity contribution in [2.75, 3.05) is 19.0 Å². The number of benzene rings is 1. The van der Waals surface area contributed by atoms with Gasteiger partial charge in [-0.2, -0.15) is 0 Å². The summed E-state index contributed by atoms with van der Waals surface area (Å²) in [7, 11) is 1.55. The Hall–Kier alpha value is -1.79. The highest BCUT2D eigenvalue weighted by atomic mass is 35.5. The molecule has 2 amide bonds. The third-order valence-corrected chi connectivity index (χ3v) is 3.05. The Morgan fingerprint density at radius 2 is 1.86 bits per heavy atom. The van der Waals surface area contributed by atoms with Gasteiger partial charge in [0.2, 0.25) is 5.91 Å². The SMILES string of the molecule is CCCC(C)(N)C(=O)Nc1ccc(OCC(=O)NC)cc1.Cl. The van der Waals surface area contributed by atoms with E-state index in [1.165, 1.54) is 0 Å². The van der Waals surface area contributed by atoms with Crippen molar-refractivity contribution in [3.8, 4) is 5.75 Å². The summed E-state index contributed by atoms with van der Waals surface area (Å²) in [5, 5.41) is 5.24. The highest BCUT2D eigenvalue weighted by Crippen LogP contribution is 2.18. The fraction of sp³-hybridized carbons (Fsp3) is 0.467. The number of nitrogens with one attached hydrogen (secondary N) is 2. The molecule has 22 heavy (non-hydrogen) atoms. The monoisotopic (exact) mass is 329 g/mol. The normalized spacial score (nSPS) is 12.5. The maximum Gasteiger partial charge on any atom is 0.257 e. The summed E-state index contributed by atoms with van der Waals surface area (Å²) in [6.07, 6.45) is 1.46. The van der Waals surface area contributed by atoms with Gasteiger partial charge in [0.15, 0.2) is 6.61 Å². The van der Waals surface area contributed by atoms with Crippen molar-refractivity contribution in [1.29, 1.82) is 0 Å². The van der Waals surface area contributed by atoms with E-state index in [4.69, 9.17) is 10.5 Å². The van der Waals surface area contributed by atoms with Crippen LogP contribution in [-0.4, -0.2) is 31.0 Å². The molecule has 0 fully saturated rings. The summed E-state index contributed by atoms with van der Waals surface area (Å²) in [4.78, 5) is 23.1. The maximum absolute atomic E-state index is 12.0. The lowest BCUT2D eigenvalue weighted by atomic mass is 9.96.